The molecule has 190 valence electrons. The molecule has 0 bridgehead atoms. The van der Waals surface area contributed by atoms with Crippen LogP contribution in [0.5, 0.6) is 0 Å². The van der Waals surface area contributed by atoms with Gasteiger partial charge in [0, 0.05) is 56.1 Å². The van der Waals surface area contributed by atoms with E-state index in [1.165, 1.54) is 12.8 Å². The van der Waals surface area contributed by atoms with E-state index in [-0.39, 0.29) is 36.6 Å². The number of nitrogens with zero attached hydrogens (tertiary/aromatic N) is 3. The molecule has 1 aromatic rings. The Bertz CT molecular complexity index is 940. The van der Waals surface area contributed by atoms with Crippen LogP contribution in [0.25, 0.3) is 0 Å². The standard InChI is InChI=1S/C25H38N8O2/c1-32-10-9-27-24(32)22(16-5-6-16)29-25(34)17-3-2-4-18(13-17)28-15-21-30-31-23-19-7-8-26-14-20(19)35-12-11-33(21)23/h2-4,13-14,16,19-24,27-28,30-31H,5-12,15H2,1H3,(H,29,34)/t19?,20?,21?,22-,23?,24?/m0/s1. The molecule has 1 aliphatic carbocycles. The maximum absolute atomic E-state index is 13.2. The largest absolute Gasteiger partial charge is 0.382 e. The van der Waals surface area contributed by atoms with Gasteiger partial charge in [-0.2, -0.15) is 0 Å². The molecule has 1 saturated carbocycles. The third kappa shape index (κ3) is 4.96. The number of likely N-dealkylation sites (N-methyl/N-ethyl adjacent to an activating group) is 1. The number of aliphatic imine (C=N–C) groups is 1. The van der Waals surface area contributed by atoms with Crippen LogP contribution < -0.4 is 26.8 Å². The molecule has 0 aromatic heterocycles. The van der Waals surface area contributed by atoms with Crippen molar-refractivity contribution in [1.82, 2.24) is 31.3 Å². The van der Waals surface area contributed by atoms with Gasteiger partial charge >= 0.3 is 0 Å². The summed E-state index contributed by atoms with van der Waals surface area (Å²) in [6.07, 6.45) is 6.08. The lowest BCUT2D eigenvalue weighted by molar-refractivity contribution is 0.0651. The highest BCUT2D eigenvalue weighted by molar-refractivity contribution is 5.95. The Labute approximate surface area is 207 Å². The summed E-state index contributed by atoms with van der Waals surface area (Å²) in [7, 11) is 2.13. The third-order valence-corrected chi connectivity index (χ3v) is 8.17. The van der Waals surface area contributed by atoms with Crippen LogP contribution in [0, 0.1) is 11.8 Å². The van der Waals surface area contributed by atoms with Gasteiger partial charge in [-0.3, -0.25) is 24.9 Å². The van der Waals surface area contributed by atoms with Gasteiger partial charge in [0.1, 0.15) is 0 Å². The lowest BCUT2D eigenvalue weighted by Gasteiger charge is -2.33. The molecule has 4 fully saturated rings. The predicted molar refractivity (Wildman–Crippen MR) is 135 cm³/mol. The van der Waals surface area contributed by atoms with Gasteiger partial charge in [0.25, 0.3) is 5.91 Å². The number of amides is 1. The molecule has 5 unspecified atom stereocenters. The summed E-state index contributed by atoms with van der Waals surface area (Å²) in [5.74, 6) is 0.968. The number of nitrogens with one attached hydrogen (secondary N) is 5. The minimum absolute atomic E-state index is 0.00282. The number of benzene rings is 1. The molecular weight excluding hydrogens is 444 g/mol. The highest BCUT2D eigenvalue weighted by atomic mass is 16.5. The van der Waals surface area contributed by atoms with E-state index in [0.717, 1.165) is 44.8 Å². The summed E-state index contributed by atoms with van der Waals surface area (Å²) in [6.45, 7) is 5.15. The average Bonchev–Trinajstić information content (AvgIpc) is 3.56. The van der Waals surface area contributed by atoms with Gasteiger partial charge in [-0.15, -0.1) is 0 Å². The fourth-order valence-corrected chi connectivity index (χ4v) is 6.05. The van der Waals surface area contributed by atoms with Crippen LogP contribution in [-0.4, -0.2) is 98.9 Å². The van der Waals surface area contributed by atoms with E-state index in [1.807, 2.05) is 30.5 Å². The van der Waals surface area contributed by atoms with E-state index in [9.17, 15) is 4.79 Å². The Morgan fingerprint density at radius 1 is 1.26 bits per heavy atom. The number of rotatable bonds is 7. The van der Waals surface area contributed by atoms with Crippen LogP contribution in [0.4, 0.5) is 5.69 Å². The lowest BCUT2D eigenvalue weighted by atomic mass is 9.93. The fourth-order valence-electron chi connectivity index (χ4n) is 6.05. The number of hydrogen-bond donors (Lipinski definition) is 5. The summed E-state index contributed by atoms with van der Waals surface area (Å²) in [5, 5.41) is 10.4. The summed E-state index contributed by atoms with van der Waals surface area (Å²) < 4.78 is 6.06. The number of carbonyl (C=O) groups excluding carboxylic acids is 1. The van der Waals surface area contributed by atoms with Gasteiger partial charge in [-0.05, 0) is 50.4 Å². The molecule has 10 nitrogen and oxygen atoms in total. The molecular formula is C25H38N8O2. The van der Waals surface area contributed by atoms with Crippen molar-refractivity contribution in [3.05, 3.63) is 29.8 Å². The predicted octanol–water partition coefficient (Wildman–Crippen LogP) is 0.0195. The second-order valence-corrected chi connectivity index (χ2v) is 10.5. The number of anilines is 1. The highest BCUT2D eigenvalue weighted by Gasteiger charge is 2.43. The van der Waals surface area contributed by atoms with Crippen LogP contribution in [0.1, 0.15) is 29.6 Å². The van der Waals surface area contributed by atoms with Gasteiger partial charge in [-0.1, -0.05) is 6.07 Å². The number of fused-ring (bicyclic) bond motifs is 3. The maximum atomic E-state index is 13.2. The molecule has 5 N–H and O–H groups in total. The molecule has 5 aliphatic rings. The van der Waals surface area contributed by atoms with E-state index in [1.54, 1.807) is 0 Å². The quantitative estimate of drug-likeness (QED) is 0.371. The lowest BCUT2D eigenvalue weighted by Crippen LogP contribution is -2.54. The van der Waals surface area contributed by atoms with Crippen LogP contribution in [0.15, 0.2) is 29.3 Å². The topological polar surface area (TPSA) is 105 Å². The van der Waals surface area contributed by atoms with Gasteiger partial charge in [0.2, 0.25) is 0 Å². The first kappa shape index (κ1) is 23.3. The van der Waals surface area contributed by atoms with Crippen molar-refractivity contribution in [2.45, 2.75) is 49.9 Å². The van der Waals surface area contributed by atoms with Crippen molar-refractivity contribution in [3.63, 3.8) is 0 Å². The summed E-state index contributed by atoms with van der Waals surface area (Å²) >= 11 is 0. The average molecular weight is 483 g/mol. The van der Waals surface area contributed by atoms with E-state index >= 15 is 0 Å². The van der Waals surface area contributed by atoms with E-state index in [2.05, 4.69) is 48.6 Å². The zero-order valence-corrected chi connectivity index (χ0v) is 20.5. The van der Waals surface area contributed by atoms with E-state index in [4.69, 9.17) is 4.74 Å². The van der Waals surface area contributed by atoms with Gasteiger partial charge < -0.3 is 15.4 Å². The van der Waals surface area contributed by atoms with Gasteiger partial charge in [0.05, 0.1) is 37.3 Å². The van der Waals surface area contributed by atoms with Crippen molar-refractivity contribution in [3.8, 4) is 0 Å². The number of ether oxygens (including phenoxy) is 1. The van der Waals surface area contributed by atoms with Crippen LogP contribution in [0.2, 0.25) is 0 Å². The SMILES string of the molecule is CN1CCNC1[C@@H](NC(=O)c1cccc(NCC2NNC3C4CCN=CC4OCCN23)c1)C1CC1. The monoisotopic (exact) mass is 482 g/mol. The van der Waals surface area contributed by atoms with Crippen molar-refractivity contribution >= 4 is 17.8 Å². The molecule has 35 heavy (non-hydrogen) atoms. The molecule has 6 rings (SSSR count). The molecule has 6 atom stereocenters. The maximum Gasteiger partial charge on any atom is 0.251 e. The molecule has 1 amide bonds. The molecule has 0 spiro atoms. The van der Waals surface area contributed by atoms with E-state index < -0.39 is 0 Å². The van der Waals surface area contributed by atoms with Crippen LogP contribution >= 0.6 is 0 Å². The zero-order valence-electron chi connectivity index (χ0n) is 20.5. The van der Waals surface area contributed by atoms with Crippen molar-refractivity contribution < 1.29 is 9.53 Å². The third-order valence-electron chi connectivity index (χ3n) is 8.17. The Balaban J connectivity index is 1.07. The van der Waals surface area contributed by atoms with E-state index in [0.29, 0.717) is 24.0 Å². The Morgan fingerprint density at radius 3 is 3.00 bits per heavy atom. The fraction of sp³-hybridized carbons (Fsp3) is 0.680. The van der Waals surface area contributed by atoms with Crippen molar-refractivity contribution in [1.29, 1.82) is 0 Å². The normalized spacial score (nSPS) is 34.1. The minimum Gasteiger partial charge on any atom is -0.382 e. The Hall–Kier alpha value is -2.08. The van der Waals surface area contributed by atoms with Gasteiger partial charge in [0.15, 0.2) is 0 Å². The van der Waals surface area contributed by atoms with Crippen LogP contribution in [0.3, 0.4) is 0 Å². The molecule has 1 aromatic carbocycles. The summed E-state index contributed by atoms with van der Waals surface area (Å²) in [6, 6.07) is 8.00. The Morgan fingerprint density at radius 2 is 2.17 bits per heavy atom. The highest BCUT2D eigenvalue weighted by Crippen LogP contribution is 2.35. The summed E-state index contributed by atoms with van der Waals surface area (Å²) in [5.41, 5.74) is 8.63. The second kappa shape index (κ2) is 10.1. The zero-order chi connectivity index (χ0) is 23.8. The molecule has 0 radical (unpaired) electrons. The summed E-state index contributed by atoms with van der Waals surface area (Å²) in [4.78, 5) is 22.4. The molecule has 3 saturated heterocycles. The first-order chi connectivity index (χ1) is 17.2. The first-order valence-corrected chi connectivity index (χ1v) is 13.1. The minimum atomic E-state index is 0.00282. The van der Waals surface area contributed by atoms with Crippen molar-refractivity contribution in [2.75, 3.05) is 51.7 Å². The molecule has 4 aliphatic heterocycles. The van der Waals surface area contributed by atoms with Crippen LogP contribution in [-0.2, 0) is 4.74 Å². The second-order valence-electron chi connectivity index (χ2n) is 10.5. The number of carbonyl (C=O) groups is 1. The smallest absolute Gasteiger partial charge is 0.251 e. The number of hydrogen-bond acceptors (Lipinski definition) is 9. The molecule has 10 heteroatoms. The Kier molecular flexibility index (Phi) is 6.74. The van der Waals surface area contributed by atoms with Gasteiger partial charge in [-0.25, -0.2) is 10.9 Å². The van der Waals surface area contributed by atoms with Crippen molar-refractivity contribution in [2.24, 2.45) is 16.8 Å². The first-order valence-electron chi connectivity index (χ1n) is 13.1. The molecule has 4 heterocycles. The number of hydrazine groups is 1.